The Hall–Kier alpha value is -1.55. The molecule has 4 nitrogen and oxygen atoms in total. The average molecular weight is 262 g/mol. The van der Waals surface area contributed by atoms with Gasteiger partial charge in [0.05, 0.1) is 0 Å². The SMILES string of the molecule is Cc1cc(O)c(CN2CCC(C(N)=O)CC2)cc1C. The van der Waals surface area contributed by atoms with Gasteiger partial charge in [0.15, 0.2) is 0 Å². The molecule has 0 spiro atoms. The molecule has 1 heterocycles. The largest absolute Gasteiger partial charge is 0.508 e. The number of phenols is 1. The number of hydrogen-bond donors (Lipinski definition) is 2. The molecule has 1 aliphatic heterocycles. The van der Waals surface area contributed by atoms with Crippen LogP contribution in [0, 0.1) is 19.8 Å². The molecule has 1 saturated heterocycles. The smallest absolute Gasteiger partial charge is 0.220 e. The molecular formula is C15H22N2O2. The summed E-state index contributed by atoms with van der Waals surface area (Å²) in [4.78, 5) is 13.4. The maximum Gasteiger partial charge on any atom is 0.220 e. The Morgan fingerprint density at radius 1 is 1.32 bits per heavy atom. The molecule has 1 aliphatic rings. The highest BCUT2D eigenvalue weighted by atomic mass is 16.3. The molecule has 1 amide bonds. The van der Waals surface area contributed by atoms with Crippen LogP contribution in [-0.4, -0.2) is 29.0 Å². The number of piperidine rings is 1. The van der Waals surface area contributed by atoms with E-state index >= 15 is 0 Å². The molecule has 3 N–H and O–H groups in total. The van der Waals surface area contributed by atoms with Crippen molar-refractivity contribution in [2.45, 2.75) is 33.2 Å². The predicted molar refractivity (Wildman–Crippen MR) is 74.8 cm³/mol. The first kappa shape index (κ1) is 13.9. The number of nitrogens with zero attached hydrogens (tertiary/aromatic N) is 1. The van der Waals surface area contributed by atoms with Gasteiger partial charge in [0.2, 0.25) is 5.91 Å². The van der Waals surface area contributed by atoms with Crippen molar-refractivity contribution in [3.8, 4) is 5.75 Å². The molecule has 0 aromatic heterocycles. The highest BCUT2D eigenvalue weighted by Gasteiger charge is 2.23. The van der Waals surface area contributed by atoms with Gasteiger partial charge in [-0.2, -0.15) is 0 Å². The summed E-state index contributed by atoms with van der Waals surface area (Å²) < 4.78 is 0. The summed E-state index contributed by atoms with van der Waals surface area (Å²) in [7, 11) is 0. The number of phenolic OH excluding ortho intramolecular Hbond substituents is 1. The van der Waals surface area contributed by atoms with Gasteiger partial charge in [-0.05, 0) is 57.0 Å². The number of benzene rings is 1. The molecule has 19 heavy (non-hydrogen) atoms. The molecule has 104 valence electrons. The summed E-state index contributed by atoms with van der Waals surface area (Å²) in [6.45, 7) is 6.51. The quantitative estimate of drug-likeness (QED) is 0.871. The molecule has 1 aromatic rings. The molecule has 0 unspecified atom stereocenters. The monoisotopic (exact) mass is 262 g/mol. The number of carbonyl (C=O) groups is 1. The van der Waals surface area contributed by atoms with Gasteiger partial charge < -0.3 is 10.8 Å². The molecule has 0 aliphatic carbocycles. The fourth-order valence-corrected chi connectivity index (χ4v) is 2.60. The molecule has 0 saturated carbocycles. The average Bonchev–Trinajstić information content (AvgIpc) is 2.36. The third-order valence-electron chi connectivity index (χ3n) is 4.08. The van der Waals surface area contributed by atoms with E-state index < -0.39 is 0 Å². The first-order valence-electron chi connectivity index (χ1n) is 6.78. The molecule has 1 aromatic carbocycles. The van der Waals surface area contributed by atoms with Crippen molar-refractivity contribution in [3.05, 3.63) is 28.8 Å². The van der Waals surface area contributed by atoms with Gasteiger partial charge >= 0.3 is 0 Å². The lowest BCUT2D eigenvalue weighted by molar-refractivity contribution is -0.123. The fourth-order valence-electron chi connectivity index (χ4n) is 2.60. The minimum absolute atomic E-state index is 0.0181. The van der Waals surface area contributed by atoms with E-state index in [2.05, 4.69) is 11.8 Å². The Kier molecular flexibility index (Phi) is 4.10. The van der Waals surface area contributed by atoms with E-state index in [1.807, 2.05) is 19.1 Å². The summed E-state index contributed by atoms with van der Waals surface area (Å²) in [5, 5.41) is 9.99. The first-order valence-corrected chi connectivity index (χ1v) is 6.78. The van der Waals surface area contributed by atoms with E-state index in [1.54, 1.807) is 0 Å². The lowest BCUT2D eigenvalue weighted by atomic mass is 9.95. The minimum Gasteiger partial charge on any atom is -0.508 e. The standard InChI is InChI=1S/C15H22N2O2/c1-10-7-13(14(18)8-11(10)2)9-17-5-3-12(4-6-17)15(16)19/h7-8,12,18H,3-6,9H2,1-2H3,(H2,16,19). The maximum atomic E-state index is 11.1. The number of carbonyl (C=O) groups excluding carboxylic acids is 1. The highest BCUT2D eigenvalue weighted by molar-refractivity contribution is 5.76. The van der Waals surface area contributed by atoms with Gasteiger partial charge in [-0.1, -0.05) is 6.07 Å². The minimum atomic E-state index is -0.186. The lowest BCUT2D eigenvalue weighted by Gasteiger charge is -2.30. The number of nitrogens with two attached hydrogens (primary N) is 1. The van der Waals surface area contributed by atoms with Crippen molar-refractivity contribution in [1.82, 2.24) is 4.90 Å². The van der Waals surface area contributed by atoms with Gasteiger partial charge in [-0.25, -0.2) is 0 Å². The summed E-state index contributed by atoms with van der Waals surface area (Å²) in [5.41, 5.74) is 8.59. The Morgan fingerprint density at radius 3 is 2.47 bits per heavy atom. The summed E-state index contributed by atoms with van der Waals surface area (Å²) in [5.74, 6) is 0.193. The number of aryl methyl sites for hydroxylation is 2. The maximum absolute atomic E-state index is 11.1. The summed E-state index contributed by atoms with van der Waals surface area (Å²) in [6.07, 6.45) is 1.64. The van der Waals surface area contributed by atoms with Gasteiger partial charge in [0.25, 0.3) is 0 Å². The van der Waals surface area contributed by atoms with E-state index in [0.29, 0.717) is 5.75 Å². The second kappa shape index (κ2) is 5.61. The number of likely N-dealkylation sites (tertiary alicyclic amines) is 1. The Bertz CT molecular complexity index is 477. The number of amides is 1. The van der Waals surface area contributed by atoms with Crippen molar-refractivity contribution in [1.29, 1.82) is 0 Å². The van der Waals surface area contributed by atoms with Crippen molar-refractivity contribution in [2.75, 3.05) is 13.1 Å². The van der Waals surface area contributed by atoms with E-state index in [4.69, 9.17) is 5.73 Å². The second-order valence-electron chi connectivity index (χ2n) is 5.52. The normalized spacial score (nSPS) is 17.6. The number of primary amides is 1. The number of aromatic hydroxyl groups is 1. The van der Waals surface area contributed by atoms with Crippen LogP contribution in [0.4, 0.5) is 0 Å². The Labute approximate surface area is 114 Å². The van der Waals surface area contributed by atoms with E-state index in [0.717, 1.165) is 43.6 Å². The van der Waals surface area contributed by atoms with Crippen LogP contribution in [0.1, 0.15) is 29.5 Å². The fraction of sp³-hybridized carbons (Fsp3) is 0.533. The Balaban J connectivity index is 1.99. The molecule has 0 bridgehead atoms. The van der Waals surface area contributed by atoms with Gasteiger partial charge in [0, 0.05) is 18.0 Å². The lowest BCUT2D eigenvalue weighted by Crippen LogP contribution is -2.38. The van der Waals surface area contributed by atoms with Crippen LogP contribution >= 0.6 is 0 Å². The van der Waals surface area contributed by atoms with Gasteiger partial charge in [0.1, 0.15) is 5.75 Å². The Morgan fingerprint density at radius 2 is 1.89 bits per heavy atom. The number of rotatable bonds is 3. The van der Waals surface area contributed by atoms with Crippen molar-refractivity contribution in [2.24, 2.45) is 11.7 Å². The van der Waals surface area contributed by atoms with Crippen LogP contribution in [0.2, 0.25) is 0 Å². The van der Waals surface area contributed by atoms with E-state index in [9.17, 15) is 9.90 Å². The van der Waals surface area contributed by atoms with Crippen LogP contribution in [0.5, 0.6) is 5.75 Å². The van der Waals surface area contributed by atoms with Crippen LogP contribution in [0.3, 0.4) is 0 Å². The van der Waals surface area contributed by atoms with Crippen molar-refractivity contribution in [3.63, 3.8) is 0 Å². The van der Waals surface area contributed by atoms with Crippen LogP contribution < -0.4 is 5.73 Å². The van der Waals surface area contributed by atoms with Crippen LogP contribution in [-0.2, 0) is 11.3 Å². The van der Waals surface area contributed by atoms with Crippen LogP contribution in [0.25, 0.3) is 0 Å². The topological polar surface area (TPSA) is 66.6 Å². The molecular weight excluding hydrogens is 240 g/mol. The first-order chi connectivity index (χ1) is 8.97. The molecule has 0 atom stereocenters. The molecule has 0 radical (unpaired) electrons. The van der Waals surface area contributed by atoms with Gasteiger partial charge in [-0.3, -0.25) is 9.69 Å². The highest BCUT2D eigenvalue weighted by Crippen LogP contribution is 2.25. The zero-order valence-corrected chi connectivity index (χ0v) is 11.6. The predicted octanol–water partition coefficient (Wildman–Crippen LogP) is 1.71. The van der Waals surface area contributed by atoms with Gasteiger partial charge in [-0.15, -0.1) is 0 Å². The number of hydrogen-bond acceptors (Lipinski definition) is 3. The third kappa shape index (κ3) is 3.26. The molecule has 2 rings (SSSR count). The van der Waals surface area contributed by atoms with Crippen molar-refractivity contribution < 1.29 is 9.90 Å². The van der Waals surface area contributed by atoms with E-state index in [1.165, 1.54) is 5.56 Å². The zero-order valence-electron chi connectivity index (χ0n) is 11.6. The van der Waals surface area contributed by atoms with Crippen LogP contribution in [0.15, 0.2) is 12.1 Å². The second-order valence-corrected chi connectivity index (χ2v) is 5.52. The van der Waals surface area contributed by atoms with Crippen molar-refractivity contribution >= 4 is 5.91 Å². The zero-order chi connectivity index (χ0) is 14.0. The summed E-state index contributed by atoms with van der Waals surface area (Å²) >= 11 is 0. The molecule has 1 fully saturated rings. The molecule has 4 heteroatoms. The third-order valence-corrected chi connectivity index (χ3v) is 4.08. The van der Waals surface area contributed by atoms with E-state index in [-0.39, 0.29) is 11.8 Å². The summed E-state index contributed by atoms with van der Waals surface area (Å²) in [6, 6.07) is 3.87.